The van der Waals surface area contributed by atoms with Gasteiger partial charge in [0.2, 0.25) is 11.8 Å². The van der Waals surface area contributed by atoms with Crippen molar-refractivity contribution in [3.8, 4) is 0 Å². The van der Waals surface area contributed by atoms with Gasteiger partial charge in [-0.3, -0.25) is 9.59 Å². The van der Waals surface area contributed by atoms with E-state index in [0.717, 1.165) is 0 Å². The topological polar surface area (TPSA) is 90.5 Å². The average Bonchev–Trinajstić information content (AvgIpc) is 2.98. The molecule has 0 aromatic heterocycles. The van der Waals surface area contributed by atoms with Crippen LogP contribution in [0.25, 0.3) is 0 Å². The lowest BCUT2D eigenvalue weighted by Gasteiger charge is -2.33. The Morgan fingerprint density at radius 1 is 1.36 bits per heavy atom. The van der Waals surface area contributed by atoms with Crippen LogP contribution in [0.3, 0.4) is 0 Å². The predicted octanol–water partition coefficient (Wildman–Crippen LogP) is 1.99. The van der Waals surface area contributed by atoms with E-state index in [0.29, 0.717) is 35.1 Å². The van der Waals surface area contributed by atoms with Gasteiger partial charge in [0.05, 0.1) is 16.8 Å². The SMILES string of the molecule is CC[C@@H]1NC(=O)[C@@H]2C[C@H](NC(=O)Nc3ccc(Cl)cc3Cl)CN2C1=O. The molecule has 2 saturated heterocycles. The third-order valence-electron chi connectivity index (χ3n) is 4.42. The van der Waals surface area contributed by atoms with E-state index in [1.165, 1.54) is 6.07 Å². The number of nitrogens with one attached hydrogen (secondary N) is 3. The molecule has 2 heterocycles. The van der Waals surface area contributed by atoms with Gasteiger partial charge in [-0.2, -0.15) is 0 Å². The summed E-state index contributed by atoms with van der Waals surface area (Å²) in [5, 5.41) is 8.95. The maximum atomic E-state index is 12.3. The molecule has 3 N–H and O–H groups in total. The van der Waals surface area contributed by atoms with Crippen LogP contribution in [-0.2, 0) is 9.59 Å². The molecule has 2 aliphatic heterocycles. The summed E-state index contributed by atoms with van der Waals surface area (Å²) in [4.78, 5) is 38.2. The first-order valence-electron chi connectivity index (χ1n) is 8.02. The number of amides is 4. The molecule has 0 aliphatic carbocycles. The number of benzene rings is 1. The minimum atomic E-state index is -0.528. The van der Waals surface area contributed by atoms with E-state index >= 15 is 0 Å². The number of hydrogen-bond donors (Lipinski definition) is 3. The first kappa shape index (κ1) is 17.8. The number of carbonyl (C=O) groups is 3. The highest BCUT2D eigenvalue weighted by Gasteiger charge is 2.46. The lowest BCUT2D eigenvalue weighted by atomic mass is 10.1. The predicted molar refractivity (Wildman–Crippen MR) is 94.7 cm³/mol. The summed E-state index contributed by atoms with van der Waals surface area (Å²) >= 11 is 11.9. The molecule has 3 atom stereocenters. The van der Waals surface area contributed by atoms with Gasteiger partial charge >= 0.3 is 6.03 Å². The van der Waals surface area contributed by atoms with Crippen molar-refractivity contribution in [3.63, 3.8) is 0 Å². The van der Waals surface area contributed by atoms with Crippen molar-refractivity contribution in [2.45, 2.75) is 37.9 Å². The number of urea groups is 1. The van der Waals surface area contributed by atoms with E-state index in [4.69, 9.17) is 23.2 Å². The quantitative estimate of drug-likeness (QED) is 0.743. The minimum Gasteiger partial charge on any atom is -0.343 e. The van der Waals surface area contributed by atoms with Gasteiger partial charge in [0.15, 0.2) is 0 Å². The van der Waals surface area contributed by atoms with E-state index in [-0.39, 0.29) is 17.9 Å². The number of rotatable bonds is 3. The van der Waals surface area contributed by atoms with Gasteiger partial charge < -0.3 is 20.9 Å². The third kappa shape index (κ3) is 3.67. The van der Waals surface area contributed by atoms with Crippen LogP contribution in [0, 0.1) is 0 Å². The van der Waals surface area contributed by atoms with Crippen molar-refractivity contribution in [2.75, 3.05) is 11.9 Å². The van der Waals surface area contributed by atoms with Gasteiger partial charge in [-0.1, -0.05) is 30.1 Å². The van der Waals surface area contributed by atoms with E-state index in [1.54, 1.807) is 17.0 Å². The van der Waals surface area contributed by atoms with Gasteiger partial charge in [-0.15, -0.1) is 0 Å². The second-order valence-corrected chi connectivity index (χ2v) is 6.97. The molecule has 0 radical (unpaired) electrons. The van der Waals surface area contributed by atoms with Gasteiger partial charge in [0.25, 0.3) is 0 Å². The van der Waals surface area contributed by atoms with Crippen molar-refractivity contribution >= 4 is 46.7 Å². The lowest BCUT2D eigenvalue weighted by Crippen LogP contribution is -2.60. The molecule has 2 aliphatic rings. The highest BCUT2D eigenvalue weighted by Crippen LogP contribution is 2.26. The Labute approximate surface area is 155 Å². The van der Waals surface area contributed by atoms with E-state index < -0.39 is 18.1 Å². The normalized spacial score (nSPS) is 25.4. The lowest BCUT2D eigenvalue weighted by molar-refractivity contribution is -0.147. The number of piperazine rings is 1. The molecule has 1 aromatic rings. The largest absolute Gasteiger partial charge is 0.343 e. The van der Waals surface area contributed by atoms with Crippen LogP contribution in [0.5, 0.6) is 0 Å². The fourth-order valence-electron chi connectivity index (χ4n) is 3.17. The Kier molecular flexibility index (Phi) is 5.06. The number of nitrogens with zero attached hydrogens (tertiary/aromatic N) is 1. The van der Waals surface area contributed by atoms with Gasteiger partial charge in [-0.05, 0) is 31.0 Å². The molecule has 0 spiro atoms. The number of anilines is 1. The summed E-state index contributed by atoms with van der Waals surface area (Å²) in [6.45, 7) is 2.16. The van der Waals surface area contributed by atoms with Crippen LogP contribution in [0.15, 0.2) is 18.2 Å². The monoisotopic (exact) mass is 384 g/mol. The smallest absolute Gasteiger partial charge is 0.319 e. The number of fused-ring (bicyclic) bond motifs is 1. The number of hydrogen-bond acceptors (Lipinski definition) is 3. The number of halogens is 2. The highest BCUT2D eigenvalue weighted by atomic mass is 35.5. The molecule has 1 aromatic carbocycles. The zero-order chi connectivity index (χ0) is 18.1. The summed E-state index contributed by atoms with van der Waals surface area (Å²) < 4.78 is 0. The van der Waals surface area contributed by atoms with Crippen molar-refractivity contribution < 1.29 is 14.4 Å². The zero-order valence-electron chi connectivity index (χ0n) is 13.5. The first-order valence-corrected chi connectivity index (χ1v) is 8.78. The van der Waals surface area contributed by atoms with E-state index in [1.807, 2.05) is 6.92 Å². The van der Waals surface area contributed by atoms with Crippen molar-refractivity contribution in [2.24, 2.45) is 0 Å². The summed E-state index contributed by atoms with van der Waals surface area (Å²) in [6, 6.07) is 2.99. The molecule has 25 heavy (non-hydrogen) atoms. The second kappa shape index (κ2) is 7.09. The molecule has 0 unspecified atom stereocenters. The molecule has 0 saturated carbocycles. The number of carbonyl (C=O) groups excluding carboxylic acids is 3. The fraction of sp³-hybridized carbons (Fsp3) is 0.438. The standard InChI is InChI=1S/C16H18Cl2N4O3/c1-2-11-15(24)22-7-9(6-13(22)14(23)20-11)19-16(25)21-12-4-3-8(17)5-10(12)18/h3-5,9,11,13H,2,6-7H2,1H3,(H,20,23)(H2,19,21,25)/t9-,11-,13-/m0/s1. The molecular formula is C16H18Cl2N4O3. The molecule has 4 amide bonds. The second-order valence-electron chi connectivity index (χ2n) is 6.13. The highest BCUT2D eigenvalue weighted by molar-refractivity contribution is 6.36. The zero-order valence-corrected chi connectivity index (χ0v) is 15.0. The van der Waals surface area contributed by atoms with Crippen LogP contribution in [0.1, 0.15) is 19.8 Å². The van der Waals surface area contributed by atoms with Gasteiger partial charge in [-0.25, -0.2) is 4.79 Å². The van der Waals surface area contributed by atoms with Crippen molar-refractivity contribution in [1.29, 1.82) is 0 Å². The van der Waals surface area contributed by atoms with Crippen molar-refractivity contribution in [3.05, 3.63) is 28.2 Å². The Bertz CT molecular complexity index is 727. The Balaban J connectivity index is 1.62. The fourth-order valence-corrected chi connectivity index (χ4v) is 3.63. The average molecular weight is 385 g/mol. The summed E-state index contributed by atoms with van der Waals surface area (Å²) in [6.07, 6.45) is 0.928. The van der Waals surface area contributed by atoms with E-state index in [9.17, 15) is 14.4 Å². The molecule has 134 valence electrons. The molecule has 0 bridgehead atoms. The van der Waals surface area contributed by atoms with Gasteiger partial charge in [0.1, 0.15) is 12.1 Å². The summed E-state index contributed by atoms with van der Waals surface area (Å²) in [7, 11) is 0. The first-order chi connectivity index (χ1) is 11.9. The Hall–Kier alpha value is -1.99. The Morgan fingerprint density at radius 3 is 2.80 bits per heavy atom. The van der Waals surface area contributed by atoms with Gasteiger partial charge in [0, 0.05) is 11.6 Å². The maximum Gasteiger partial charge on any atom is 0.319 e. The third-order valence-corrected chi connectivity index (χ3v) is 4.97. The van der Waals surface area contributed by atoms with Crippen LogP contribution in [0.4, 0.5) is 10.5 Å². The molecule has 7 nitrogen and oxygen atoms in total. The molecule has 3 rings (SSSR count). The van der Waals surface area contributed by atoms with Crippen LogP contribution >= 0.6 is 23.2 Å². The molecule has 9 heteroatoms. The van der Waals surface area contributed by atoms with Crippen LogP contribution in [-0.4, -0.2) is 47.4 Å². The minimum absolute atomic E-state index is 0.0995. The van der Waals surface area contributed by atoms with E-state index in [2.05, 4.69) is 16.0 Å². The Morgan fingerprint density at radius 2 is 2.12 bits per heavy atom. The summed E-state index contributed by atoms with van der Waals surface area (Å²) in [5.74, 6) is -0.269. The molecule has 2 fully saturated rings. The van der Waals surface area contributed by atoms with Crippen molar-refractivity contribution in [1.82, 2.24) is 15.5 Å². The van der Waals surface area contributed by atoms with Crippen LogP contribution in [0.2, 0.25) is 10.0 Å². The molecular weight excluding hydrogens is 367 g/mol. The van der Waals surface area contributed by atoms with Crippen LogP contribution < -0.4 is 16.0 Å². The summed E-state index contributed by atoms with van der Waals surface area (Å²) in [5.41, 5.74) is 0.430. The maximum absolute atomic E-state index is 12.3.